The zero-order chi connectivity index (χ0) is 13.4. The van der Waals surface area contributed by atoms with Crippen molar-refractivity contribution in [3.05, 3.63) is 35.4 Å². The number of amides is 1. The number of nitrogens with two attached hydrogens (primary N) is 1. The maximum atomic E-state index is 11.6. The van der Waals surface area contributed by atoms with Crippen LogP contribution in [0.5, 0.6) is 0 Å². The lowest BCUT2D eigenvalue weighted by molar-refractivity contribution is -0.120. The third kappa shape index (κ3) is 4.45. The minimum Gasteiger partial charge on any atom is -0.409 e. The highest BCUT2D eigenvalue weighted by Crippen LogP contribution is 2.05. The third-order valence-corrected chi connectivity index (χ3v) is 2.57. The fourth-order valence-electron chi connectivity index (χ4n) is 1.50. The number of nitrogens with zero attached hydrogens (tertiary/aromatic N) is 1. The molecule has 1 rings (SSSR count). The number of benzene rings is 1. The van der Waals surface area contributed by atoms with Gasteiger partial charge in [0.1, 0.15) is 0 Å². The molecule has 5 heteroatoms. The van der Waals surface area contributed by atoms with E-state index in [1.54, 1.807) is 24.3 Å². The number of hydrogen-bond acceptors (Lipinski definition) is 3. The van der Waals surface area contributed by atoms with Gasteiger partial charge in [-0.05, 0) is 12.0 Å². The molecule has 0 aromatic heterocycles. The molecule has 0 aliphatic rings. The van der Waals surface area contributed by atoms with Gasteiger partial charge in [0, 0.05) is 12.1 Å². The van der Waals surface area contributed by atoms with Crippen LogP contribution in [-0.2, 0) is 11.2 Å². The van der Waals surface area contributed by atoms with Crippen LogP contribution in [0, 0.1) is 0 Å². The average molecular weight is 249 g/mol. The first-order valence-electron chi connectivity index (χ1n) is 6.01. The Bertz CT molecular complexity index is 413. The second-order valence-corrected chi connectivity index (χ2v) is 4.06. The Kier molecular flexibility index (Phi) is 5.70. The van der Waals surface area contributed by atoms with Gasteiger partial charge in [0.2, 0.25) is 5.91 Å². The van der Waals surface area contributed by atoms with Gasteiger partial charge < -0.3 is 16.3 Å². The van der Waals surface area contributed by atoms with E-state index in [0.29, 0.717) is 12.0 Å². The third-order valence-electron chi connectivity index (χ3n) is 2.57. The molecule has 0 unspecified atom stereocenters. The molecule has 1 amide bonds. The van der Waals surface area contributed by atoms with Gasteiger partial charge in [-0.25, -0.2) is 0 Å². The van der Waals surface area contributed by atoms with E-state index in [4.69, 9.17) is 10.9 Å². The van der Waals surface area contributed by atoms with E-state index in [9.17, 15) is 4.79 Å². The highest BCUT2D eigenvalue weighted by atomic mass is 16.4. The molecule has 0 saturated carbocycles. The molecule has 98 valence electrons. The van der Waals surface area contributed by atoms with E-state index >= 15 is 0 Å². The van der Waals surface area contributed by atoms with Gasteiger partial charge in [0.25, 0.3) is 0 Å². The molecule has 0 aliphatic carbocycles. The number of amidine groups is 1. The molecule has 5 nitrogen and oxygen atoms in total. The van der Waals surface area contributed by atoms with E-state index in [-0.39, 0.29) is 11.7 Å². The van der Waals surface area contributed by atoms with E-state index in [1.165, 1.54) is 0 Å². The first-order valence-corrected chi connectivity index (χ1v) is 6.01. The summed E-state index contributed by atoms with van der Waals surface area (Å²) in [5.41, 5.74) is 6.98. The van der Waals surface area contributed by atoms with E-state index in [2.05, 4.69) is 17.4 Å². The van der Waals surface area contributed by atoms with E-state index < -0.39 is 0 Å². The number of hydrogen-bond donors (Lipinski definition) is 3. The highest BCUT2D eigenvalue weighted by Gasteiger charge is 2.04. The first kappa shape index (κ1) is 14.0. The first-order chi connectivity index (χ1) is 8.67. The van der Waals surface area contributed by atoms with Crippen molar-refractivity contribution < 1.29 is 10.0 Å². The summed E-state index contributed by atoms with van der Waals surface area (Å²) in [6.45, 7) is 2.80. The molecule has 18 heavy (non-hydrogen) atoms. The highest BCUT2D eigenvalue weighted by molar-refractivity contribution is 5.97. The number of rotatable bonds is 6. The van der Waals surface area contributed by atoms with Crippen LogP contribution in [-0.4, -0.2) is 23.5 Å². The molecule has 0 radical (unpaired) electrons. The molecule has 0 bridgehead atoms. The smallest absolute Gasteiger partial charge is 0.224 e. The Morgan fingerprint density at radius 3 is 2.61 bits per heavy atom. The van der Waals surface area contributed by atoms with E-state index in [0.717, 1.165) is 24.9 Å². The maximum absolute atomic E-state index is 11.6. The largest absolute Gasteiger partial charge is 0.409 e. The molecular formula is C13H19N3O2. The summed E-state index contributed by atoms with van der Waals surface area (Å²) in [6, 6.07) is 7.05. The molecule has 0 spiro atoms. The summed E-state index contributed by atoms with van der Waals surface area (Å²) in [5.74, 6) is 0.0777. The summed E-state index contributed by atoms with van der Waals surface area (Å²) in [5, 5.41) is 14.3. The minimum absolute atomic E-state index is 0.0139. The zero-order valence-corrected chi connectivity index (χ0v) is 10.5. The van der Waals surface area contributed by atoms with Gasteiger partial charge in [-0.15, -0.1) is 0 Å². The van der Waals surface area contributed by atoms with E-state index in [1.807, 2.05) is 0 Å². The van der Waals surface area contributed by atoms with Crippen LogP contribution in [0.1, 0.15) is 30.9 Å². The van der Waals surface area contributed by atoms with Crippen molar-refractivity contribution >= 4 is 11.7 Å². The number of carbonyl (C=O) groups excluding carboxylic acids is 1. The van der Waals surface area contributed by atoms with Gasteiger partial charge in [-0.2, -0.15) is 0 Å². The van der Waals surface area contributed by atoms with Gasteiger partial charge in [-0.1, -0.05) is 42.8 Å². The molecule has 0 aliphatic heterocycles. The predicted octanol–water partition coefficient (Wildman–Crippen LogP) is 1.24. The number of nitrogens with one attached hydrogen (secondary N) is 1. The fourth-order valence-corrected chi connectivity index (χ4v) is 1.50. The number of unbranched alkanes of at least 4 members (excludes halogenated alkanes) is 1. The summed E-state index contributed by atoms with van der Waals surface area (Å²) in [4.78, 5) is 11.6. The quantitative estimate of drug-likeness (QED) is 0.233. The van der Waals surface area contributed by atoms with Gasteiger partial charge >= 0.3 is 0 Å². The molecule has 0 atom stereocenters. The van der Waals surface area contributed by atoms with Crippen LogP contribution >= 0.6 is 0 Å². The average Bonchev–Trinajstić information content (AvgIpc) is 2.39. The predicted molar refractivity (Wildman–Crippen MR) is 70.6 cm³/mol. The van der Waals surface area contributed by atoms with Crippen LogP contribution in [0.15, 0.2) is 29.4 Å². The van der Waals surface area contributed by atoms with Crippen molar-refractivity contribution in [3.63, 3.8) is 0 Å². The Morgan fingerprint density at radius 1 is 1.39 bits per heavy atom. The molecule has 0 heterocycles. The topological polar surface area (TPSA) is 87.7 Å². The van der Waals surface area contributed by atoms with Crippen LogP contribution in [0.3, 0.4) is 0 Å². The normalized spacial score (nSPS) is 11.3. The van der Waals surface area contributed by atoms with Gasteiger partial charge in [-0.3, -0.25) is 4.79 Å². The molecule has 1 aromatic carbocycles. The number of oxime groups is 1. The summed E-state index contributed by atoms with van der Waals surface area (Å²) >= 11 is 0. The molecule has 1 aromatic rings. The monoisotopic (exact) mass is 249 g/mol. The standard InChI is InChI=1S/C13H19N3O2/c1-2-3-8-15-12(17)9-10-4-6-11(7-5-10)13(14)16-18/h4-7,18H,2-3,8-9H2,1H3,(H2,14,16)(H,15,17). The number of carbonyl (C=O) groups is 1. The molecule has 4 N–H and O–H groups in total. The van der Waals surface area contributed by atoms with Crippen molar-refractivity contribution in [1.82, 2.24) is 5.32 Å². The summed E-state index contributed by atoms with van der Waals surface area (Å²) in [6.07, 6.45) is 2.41. The van der Waals surface area contributed by atoms with Crippen molar-refractivity contribution in [1.29, 1.82) is 0 Å². The lowest BCUT2D eigenvalue weighted by Crippen LogP contribution is -2.26. The zero-order valence-electron chi connectivity index (χ0n) is 10.5. The Labute approximate surface area is 107 Å². The Morgan fingerprint density at radius 2 is 2.06 bits per heavy atom. The van der Waals surface area contributed by atoms with Crippen molar-refractivity contribution in [2.45, 2.75) is 26.2 Å². The van der Waals surface area contributed by atoms with Crippen molar-refractivity contribution in [3.8, 4) is 0 Å². The fraction of sp³-hybridized carbons (Fsp3) is 0.385. The molecular weight excluding hydrogens is 230 g/mol. The van der Waals surface area contributed by atoms with Crippen LogP contribution in [0.25, 0.3) is 0 Å². The molecule has 0 fully saturated rings. The van der Waals surface area contributed by atoms with Crippen LogP contribution in [0.4, 0.5) is 0 Å². The lowest BCUT2D eigenvalue weighted by Gasteiger charge is -2.05. The SMILES string of the molecule is CCCCNC(=O)Cc1ccc(C(N)=NO)cc1. The second-order valence-electron chi connectivity index (χ2n) is 4.06. The maximum Gasteiger partial charge on any atom is 0.224 e. The van der Waals surface area contributed by atoms with Crippen LogP contribution < -0.4 is 11.1 Å². The van der Waals surface area contributed by atoms with Gasteiger partial charge in [0.15, 0.2) is 5.84 Å². The van der Waals surface area contributed by atoms with Crippen molar-refractivity contribution in [2.75, 3.05) is 6.54 Å². The second kappa shape index (κ2) is 7.32. The Hall–Kier alpha value is -2.04. The van der Waals surface area contributed by atoms with Crippen molar-refractivity contribution in [2.24, 2.45) is 10.9 Å². The Balaban J connectivity index is 2.51. The summed E-state index contributed by atoms with van der Waals surface area (Å²) < 4.78 is 0. The molecule has 0 saturated heterocycles. The summed E-state index contributed by atoms with van der Waals surface area (Å²) in [7, 11) is 0. The lowest BCUT2D eigenvalue weighted by atomic mass is 10.1. The van der Waals surface area contributed by atoms with Gasteiger partial charge in [0.05, 0.1) is 6.42 Å². The minimum atomic E-state index is 0.0139. The van der Waals surface area contributed by atoms with Crippen LogP contribution in [0.2, 0.25) is 0 Å².